The Kier molecular flexibility index (Phi) is 5.41. The molecule has 0 saturated carbocycles. The zero-order valence-electron chi connectivity index (χ0n) is 16.9. The van der Waals surface area contributed by atoms with Crippen molar-refractivity contribution < 1.29 is 23.5 Å². The van der Waals surface area contributed by atoms with Crippen LogP contribution in [0.4, 0.5) is 15.8 Å². The molecule has 1 aliphatic rings. The second-order valence-corrected chi connectivity index (χ2v) is 6.73. The molecule has 0 atom stereocenters. The van der Waals surface area contributed by atoms with Gasteiger partial charge in [-0.2, -0.15) is 0 Å². The van der Waals surface area contributed by atoms with Gasteiger partial charge in [0.15, 0.2) is 11.5 Å². The average molecular weight is 418 g/mol. The van der Waals surface area contributed by atoms with Crippen LogP contribution in [-0.2, 0) is 9.59 Å². The molecule has 3 aromatic rings. The van der Waals surface area contributed by atoms with Crippen LogP contribution in [0.5, 0.6) is 11.5 Å². The number of hydrogen-bond donors (Lipinski definition) is 1. The second-order valence-electron chi connectivity index (χ2n) is 6.73. The van der Waals surface area contributed by atoms with Gasteiger partial charge in [0, 0.05) is 5.69 Å². The standard InChI is InChI=1S/C24H19FN2O4/c1-30-19-13-8-15(14-20(19)31-2)21-22(26-17-11-9-16(25)10-12-17)24(29)27(23(21)28)18-6-4-3-5-7-18/h3-14,26H,1-2H3. The number of hydrogen-bond acceptors (Lipinski definition) is 5. The number of para-hydroxylation sites is 1. The van der Waals surface area contributed by atoms with Gasteiger partial charge >= 0.3 is 0 Å². The fourth-order valence-corrected chi connectivity index (χ4v) is 3.39. The van der Waals surface area contributed by atoms with Crippen molar-refractivity contribution in [2.75, 3.05) is 24.4 Å². The lowest BCUT2D eigenvalue weighted by Gasteiger charge is -2.15. The monoisotopic (exact) mass is 418 g/mol. The van der Waals surface area contributed by atoms with Crippen molar-refractivity contribution >= 4 is 28.8 Å². The van der Waals surface area contributed by atoms with Gasteiger partial charge in [0.1, 0.15) is 11.5 Å². The van der Waals surface area contributed by atoms with Crippen molar-refractivity contribution in [1.82, 2.24) is 0 Å². The molecule has 0 unspecified atom stereocenters. The number of benzene rings is 3. The van der Waals surface area contributed by atoms with E-state index in [2.05, 4.69) is 5.32 Å². The van der Waals surface area contributed by atoms with E-state index in [-0.39, 0.29) is 11.3 Å². The number of amides is 2. The zero-order valence-corrected chi connectivity index (χ0v) is 16.9. The zero-order chi connectivity index (χ0) is 22.0. The quantitative estimate of drug-likeness (QED) is 0.607. The molecule has 3 aromatic carbocycles. The van der Waals surface area contributed by atoms with Crippen molar-refractivity contribution in [3.8, 4) is 11.5 Å². The number of nitrogens with zero attached hydrogens (tertiary/aromatic N) is 1. The van der Waals surface area contributed by atoms with Crippen LogP contribution in [0.1, 0.15) is 5.56 Å². The second kappa shape index (κ2) is 8.31. The lowest BCUT2D eigenvalue weighted by atomic mass is 10.0. The SMILES string of the molecule is COc1ccc(C2=C(Nc3ccc(F)cc3)C(=O)N(c3ccccc3)C2=O)cc1OC. The minimum Gasteiger partial charge on any atom is -0.493 e. The molecule has 0 bridgehead atoms. The summed E-state index contributed by atoms with van der Waals surface area (Å²) in [5, 5.41) is 2.99. The van der Waals surface area contributed by atoms with Crippen LogP contribution in [0, 0.1) is 5.82 Å². The maximum Gasteiger partial charge on any atom is 0.282 e. The molecule has 0 fully saturated rings. The highest BCUT2D eigenvalue weighted by Gasteiger charge is 2.40. The Balaban J connectivity index is 1.84. The van der Waals surface area contributed by atoms with E-state index in [1.54, 1.807) is 48.5 Å². The van der Waals surface area contributed by atoms with Crippen LogP contribution in [-0.4, -0.2) is 26.0 Å². The Labute approximate surface area is 178 Å². The molecule has 7 heteroatoms. The van der Waals surface area contributed by atoms with Gasteiger partial charge in [0.05, 0.1) is 25.5 Å². The van der Waals surface area contributed by atoms with Crippen LogP contribution in [0.2, 0.25) is 0 Å². The van der Waals surface area contributed by atoms with Crippen molar-refractivity contribution in [2.45, 2.75) is 0 Å². The maximum absolute atomic E-state index is 13.4. The molecule has 0 aromatic heterocycles. The predicted molar refractivity (Wildman–Crippen MR) is 115 cm³/mol. The largest absolute Gasteiger partial charge is 0.493 e. The first-order valence-electron chi connectivity index (χ1n) is 9.46. The molecule has 0 radical (unpaired) electrons. The van der Waals surface area contributed by atoms with E-state index >= 15 is 0 Å². The number of carbonyl (C=O) groups excluding carboxylic acids is 2. The molecule has 0 aliphatic carbocycles. The van der Waals surface area contributed by atoms with E-state index in [1.165, 1.54) is 38.5 Å². The van der Waals surface area contributed by atoms with Crippen LogP contribution in [0.3, 0.4) is 0 Å². The summed E-state index contributed by atoms with van der Waals surface area (Å²) in [6.45, 7) is 0. The van der Waals surface area contributed by atoms with Gasteiger partial charge < -0.3 is 14.8 Å². The molecule has 31 heavy (non-hydrogen) atoms. The van der Waals surface area contributed by atoms with E-state index in [1.807, 2.05) is 0 Å². The Morgan fingerprint density at radius 3 is 2.13 bits per heavy atom. The summed E-state index contributed by atoms with van der Waals surface area (Å²) in [6, 6.07) is 19.2. The summed E-state index contributed by atoms with van der Waals surface area (Å²) in [4.78, 5) is 27.8. The first-order valence-corrected chi connectivity index (χ1v) is 9.46. The first kappa shape index (κ1) is 20.2. The van der Waals surface area contributed by atoms with Crippen LogP contribution in [0.15, 0.2) is 78.5 Å². The fraction of sp³-hybridized carbons (Fsp3) is 0.0833. The highest BCUT2D eigenvalue weighted by molar-refractivity contribution is 6.46. The van der Waals surface area contributed by atoms with E-state index in [0.717, 1.165) is 4.90 Å². The molecule has 0 spiro atoms. The molecule has 156 valence electrons. The Hall–Kier alpha value is -4.13. The molecule has 0 saturated heterocycles. The molecule has 1 aliphatic heterocycles. The number of nitrogens with one attached hydrogen (secondary N) is 1. The summed E-state index contributed by atoms with van der Waals surface area (Å²) < 4.78 is 24.0. The molecular weight excluding hydrogens is 399 g/mol. The van der Waals surface area contributed by atoms with Crippen molar-refractivity contribution in [1.29, 1.82) is 0 Å². The number of halogens is 1. The highest BCUT2D eigenvalue weighted by atomic mass is 19.1. The summed E-state index contributed by atoms with van der Waals surface area (Å²) in [6.07, 6.45) is 0. The van der Waals surface area contributed by atoms with Crippen molar-refractivity contribution in [3.05, 3.63) is 89.9 Å². The summed E-state index contributed by atoms with van der Waals surface area (Å²) >= 11 is 0. The minimum atomic E-state index is -0.509. The van der Waals surface area contributed by atoms with Gasteiger partial charge in [-0.05, 0) is 54.1 Å². The number of imide groups is 1. The van der Waals surface area contributed by atoms with Crippen molar-refractivity contribution in [3.63, 3.8) is 0 Å². The fourth-order valence-electron chi connectivity index (χ4n) is 3.39. The third-order valence-corrected chi connectivity index (χ3v) is 4.88. The minimum absolute atomic E-state index is 0.0904. The summed E-state index contributed by atoms with van der Waals surface area (Å²) in [7, 11) is 3.01. The molecule has 2 amide bonds. The van der Waals surface area contributed by atoms with Gasteiger partial charge in [-0.3, -0.25) is 9.59 Å². The van der Waals surface area contributed by atoms with Gasteiger partial charge in [0.25, 0.3) is 11.8 Å². The highest BCUT2D eigenvalue weighted by Crippen LogP contribution is 2.37. The third kappa shape index (κ3) is 3.73. The maximum atomic E-state index is 13.4. The van der Waals surface area contributed by atoms with Gasteiger partial charge in [-0.1, -0.05) is 24.3 Å². The van der Waals surface area contributed by atoms with Gasteiger partial charge in [-0.15, -0.1) is 0 Å². The number of methoxy groups -OCH3 is 2. The Bertz CT molecular complexity index is 1170. The number of carbonyl (C=O) groups is 2. The molecular formula is C24H19FN2O4. The number of anilines is 2. The van der Waals surface area contributed by atoms with Gasteiger partial charge in [0.2, 0.25) is 0 Å². The third-order valence-electron chi connectivity index (χ3n) is 4.88. The van der Waals surface area contributed by atoms with Crippen LogP contribution < -0.4 is 19.7 Å². The molecule has 6 nitrogen and oxygen atoms in total. The van der Waals surface area contributed by atoms with Gasteiger partial charge in [-0.25, -0.2) is 9.29 Å². The molecule has 4 rings (SSSR count). The van der Waals surface area contributed by atoms with Crippen molar-refractivity contribution in [2.24, 2.45) is 0 Å². The Morgan fingerprint density at radius 2 is 1.48 bits per heavy atom. The average Bonchev–Trinajstić information content (AvgIpc) is 3.04. The van der Waals surface area contributed by atoms with Crippen LogP contribution in [0.25, 0.3) is 5.57 Å². The first-order chi connectivity index (χ1) is 15.0. The number of rotatable bonds is 6. The molecule has 1 N–H and O–H groups in total. The van der Waals surface area contributed by atoms with Crippen LogP contribution >= 0.6 is 0 Å². The molecule has 1 heterocycles. The smallest absolute Gasteiger partial charge is 0.282 e. The lowest BCUT2D eigenvalue weighted by Crippen LogP contribution is -2.32. The lowest BCUT2D eigenvalue weighted by molar-refractivity contribution is -0.120. The van der Waals surface area contributed by atoms with E-state index < -0.39 is 17.6 Å². The topological polar surface area (TPSA) is 67.9 Å². The van der Waals surface area contributed by atoms with E-state index in [4.69, 9.17) is 9.47 Å². The van der Waals surface area contributed by atoms with E-state index in [9.17, 15) is 14.0 Å². The summed E-state index contributed by atoms with van der Waals surface area (Å²) in [5.41, 5.74) is 1.68. The van der Waals surface area contributed by atoms with E-state index in [0.29, 0.717) is 28.4 Å². The Morgan fingerprint density at radius 1 is 0.806 bits per heavy atom. The normalized spacial score (nSPS) is 13.6. The number of ether oxygens (including phenoxy) is 2. The predicted octanol–water partition coefficient (Wildman–Crippen LogP) is 4.24. The summed E-state index contributed by atoms with van der Waals surface area (Å²) in [5.74, 6) is -0.471.